The standard InChI is InChI=1S/C38H40N2/c1-27-15-5-11-23-34(27)38(31-19-8-9-20-31)28(2)16-13-22-32-29(3)33-21-10-12-25-36(33)40(26-14-24-35(32)38)37(39-4)30-17-6-7-18-30/h5-17,19,21,23-25,35,37,39H,2,18,20,22,26H2,1,3-4H3/b24-14?,32-29+. The van der Waals surface area contributed by atoms with Crippen LogP contribution >= 0.6 is 0 Å². The summed E-state index contributed by atoms with van der Waals surface area (Å²) in [5.74, 6) is 0.149. The van der Waals surface area contributed by atoms with Gasteiger partial charge in [0.15, 0.2) is 0 Å². The highest BCUT2D eigenvalue weighted by Crippen LogP contribution is 2.55. The third-order valence-electron chi connectivity index (χ3n) is 9.32. The SMILES string of the molecule is C=C1C=CC/C2=C(/C)c3ccccc3N(C(NC)C3=CC=CC3)CC=CC2C1(C1=CC=CC1)c1ccccc1C. The second-order valence-corrected chi connectivity index (χ2v) is 11.4. The molecule has 0 radical (unpaired) electrons. The van der Waals surface area contributed by atoms with E-state index < -0.39 is 0 Å². The molecule has 1 aliphatic heterocycles. The van der Waals surface area contributed by atoms with Crippen molar-refractivity contribution < 1.29 is 0 Å². The number of nitrogens with one attached hydrogen (secondary N) is 1. The monoisotopic (exact) mass is 524 g/mol. The maximum Gasteiger partial charge on any atom is 0.102 e. The molecule has 2 aromatic carbocycles. The van der Waals surface area contributed by atoms with Crippen LogP contribution in [0.2, 0.25) is 0 Å². The Bertz CT molecular complexity index is 1540. The average Bonchev–Trinajstić information content (AvgIpc) is 3.69. The zero-order chi connectivity index (χ0) is 27.7. The molecule has 202 valence electrons. The Balaban J connectivity index is 1.61. The number of hydrogen-bond acceptors (Lipinski definition) is 2. The third kappa shape index (κ3) is 4.22. The van der Waals surface area contributed by atoms with Gasteiger partial charge in [0.2, 0.25) is 0 Å². The quantitative estimate of drug-likeness (QED) is 0.394. The lowest BCUT2D eigenvalue weighted by Gasteiger charge is -2.44. The van der Waals surface area contributed by atoms with E-state index in [-0.39, 0.29) is 17.5 Å². The summed E-state index contributed by atoms with van der Waals surface area (Å²) in [6, 6.07) is 17.9. The van der Waals surface area contributed by atoms with Crippen LogP contribution in [0.3, 0.4) is 0 Å². The molecule has 0 aromatic heterocycles. The van der Waals surface area contributed by atoms with Crippen molar-refractivity contribution in [2.75, 3.05) is 18.5 Å². The van der Waals surface area contributed by atoms with Gasteiger partial charge in [-0.3, -0.25) is 5.32 Å². The molecule has 40 heavy (non-hydrogen) atoms. The number of para-hydroxylation sites is 1. The third-order valence-corrected chi connectivity index (χ3v) is 9.32. The molecule has 0 spiro atoms. The lowest BCUT2D eigenvalue weighted by atomic mass is 9.58. The molecule has 2 nitrogen and oxygen atoms in total. The van der Waals surface area contributed by atoms with E-state index in [2.05, 4.69) is 140 Å². The summed E-state index contributed by atoms with van der Waals surface area (Å²) in [4.78, 5) is 2.54. The Kier molecular flexibility index (Phi) is 7.21. The van der Waals surface area contributed by atoms with Gasteiger partial charge in [-0.2, -0.15) is 0 Å². The van der Waals surface area contributed by atoms with Crippen LogP contribution in [0.4, 0.5) is 5.69 Å². The second kappa shape index (κ2) is 10.9. The fraction of sp³-hybridized carbons (Fsp3) is 0.263. The molecule has 3 unspecified atom stereocenters. The largest absolute Gasteiger partial charge is 0.348 e. The van der Waals surface area contributed by atoms with Crippen LogP contribution in [0, 0.1) is 12.8 Å². The van der Waals surface area contributed by atoms with Crippen molar-refractivity contribution in [2.24, 2.45) is 5.92 Å². The van der Waals surface area contributed by atoms with Crippen LogP contribution in [-0.4, -0.2) is 19.8 Å². The number of anilines is 1. The van der Waals surface area contributed by atoms with Gasteiger partial charge in [-0.05, 0) is 74.1 Å². The number of allylic oxidation sites excluding steroid dienone is 13. The van der Waals surface area contributed by atoms with Crippen molar-refractivity contribution in [1.82, 2.24) is 5.32 Å². The van der Waals surface area contributed by atoms with Crippen LogP contribution in [0.15, 0.2) is 138 Å². The van der Waals surface area contributed by atoms with E-state index in [0.717, 1.165) is 25.8 Å². The predicted octanol–water partition coefficient (Wildman–Crippen LogP) is 8.53. The van der Waals surface area contributed by atoms with Crippen LogP contribution < -0.4 is 10.2 Å². The number of aryl methyl sites for hydroxylation is 1. The second-order valence-electron chi connectivity index (χ2n) is 11.4. The Morgan fingerprint density at radius 3 is 2.42 bits per heavy atom. The Morgan fingerprint density at radius 1 is 0.900 bits per heavy atom. The van der Waals surface area contributed by atoms with Crippen LogP contribution in [0.25, 0.3) is 5.57 Å². The molecular weight excluding hydrogens is 484 g/mol. The van der Waals surface area contributed by atoms with Crippen molar-refractivity contribution in [3.05, 3.63) is 155 Å². The van der Waals surface area contributed by atoms with Gasteiger partial charge in [-0.15, -0.1) is 0 Å². The summed E-state index contributed by atoms with van der Waals surface area (Å²) in [6.45, 7) is 10.2. The topological polar surface area (TPSA) is 15.3 Å². The van der Waals surface area contributed by atoms with Gasteiger partial charge in [0.05, 0.1) is 5.41 Å². The average molecular weight is 525 g/mol. The van der Waals surface area contributed by atoms with E-state index in [0.29, 0.717) is 0 Å². The summed E-state index contributed by atoms with van der Waals surface area (Å²) in [5.41, 5.74) is 11.8. The summed E-state index contributed by atoms with van der Waals surface area (Å²) < 4.78 is 0. The van der Waals surface area contributed by atoms with Gasteiger partial charge >= 0.3 is 0 Å². The zero-order valence-electron chi connectivity index (χ0n) is 24.0. The van der Waals surface area contributed by atoms with Gasteiger partial charge in [0.1, 0.15) is 6.17 Å². The maximum absolute atomic E-state index is 4.79. The van der Waals surface area contributed by atoms with Gasteiger partial charge < -0.3 is 4.90 Å². The van der Waals surface area contributed by atoms with Gasteiger partial charge in [0, 0.05) is 23.7 Å². The minimum absolute atomic E-state index is 0.124. The van der Waals surface area contributed by atoms with Gasteiger partial charge in [-0.1, -0.05) is 121 Å². The molecule has 6 rings (SSSR count). The number of hydrogen-bond donors (Lipinski definition) is 1. The van der Waals surface area contributed by atoms with Gasteiger partial charge in [-0.25, -0.2) is 0 Å². The first kappa shape index (κ1) is 26.3. The van der Waals surface area contributed by atoms with E-state index >= 15 is 0 Å². The van der Waals surface area contributed by atoms with E-state index in [1.807, 2.05) is 0 Å². The molecule has 3 atom stereocenters. The highest BCUT2D eigenvalue weighted by Gasteiger charge is 2.47. The molecule has 0 amide bonds. The first-order valence-corrected chi connectivity index (χ1v) is 14.6. The summed E-state index contributed by atoms with van der Waals surface area (Å²) in [7, 11) is 2.08. The molecule has 3 aliphatic carbocycles. The highest BCUT2D eigenvalue weighted by atomic mass is 15.3. The predicted molar refractivity (Wildman–Crippen MR) is 171 cm³/mol. The molecule has 1 heterocycles. The Labute approximate surface area is 240 Å². The molecule has 2 heteroatoms. The Morgan fingerprint density at radius 2 is 1.68 bits per heavy atom. The number of fused-ring (bicyclic) bond motifs is 2. The number of rotatable bonds is 5. The van der Waals surface area contributed by atoms with Crippen molar-refractivity contribution >= 4 is 11.3 Å². The lowest BCUT2D eigenvalue weighted by molar-refractivity contribution is 0.483. The van der Waals surface area contributed by atoms with Crippen LogP contribution in [0.5, 0.6) is 0 Å². The molecule has 1 N–H and O–H groups in total. The molecule has 4 aliphatic rings. The molecule has 0 fully saturated rings. The zero-order valence-corrected chi connectivity index (χ0v) is 24.0. The Hall–Kier alpha value is -3.88. The van der Waals surface area contributed by atoms with E-state index in [1.165, 1.54) is 50.2 Å². The summed E-state index contributed by atoms with van der Waals surface area (Å²) in [6.07, 6.45) is 26.1. The lowest BCUT2D eigenvalue weighted by Crippen LogP contribution is -2.46. The van der Waals surface area contributed by atoms with E-state index in [9.17, 15) is 0 Å². The smallest absolute Gasteiger partial charge is 0.102 e. The van der Waals surface area contributed by atoms with Crippen molar-refractivity contribution in [3.63, 3.8) is 0 Å². The molecule has 0 bridgehead atoms. The van der Waals surface area contributed by atoms with Crippen LogP contribution in [0.1, 0.15) is 42.9 Å². The maximum atomic E-state index is 4.79. The first-order valence-electron chi connectivity index (χ1n) is 14.6. The van der Waals surface area contributed by atoms with E-state index in [4.69, 9.17) is 6.58 Å². The number of likely N-dealkylation sites (N-methyl/N-ethyl adjacent to an activating group) is 1. The summed E-state index contributed by atoms with van der Waals surface area (Å²) in [5, 5.41) is 3.64. The molecule has 0 saturated carbocycles. The van der Waals surface area contributed by atoms with Crippen molar-refractivity contribution in [2.45, 2.75) is 44.7 Å². The fourth-order valence-corrected chi connectivity index (χ4v) is 7.44. The first-order chi connectivity index (χ1) is 19.6. The molecular formula is C38H40N2. The van der Waals surface area contributed by atoms with Crippen molar-refractivity contribution in [3.8, 4) is 0 Å². The number of benzene rings is 2. The highest BCUT2D eigenvalue weighted by molar-refractivity contribution is 5.80. The normalized spacial score (nSPS) is 26.4. The van der Waals surface area contributed by atoms with E-state index in [1.54, 1.807) is 0 Å². The molecule has 2 aromatic rings. The summed E-state index contributed by atoms with van der Waals surface area (Å²) >= 11 is 0. The minimum Gasteiger partial charge on any atom is -0.348 e. The minimum atomic E-state index is -0.348. The van der Waals surface area contributed by atoms with Crippen LogP contribution in [-0.2, 0) is 5.41 Å². The number of nitrogens with zero attached hydrogens (tertiary/aromatic N) is 1. The van der Waals surface area contributed by atoms with Gasteiger partial charge in [0.25, 0.3) is 0 Å². The molecule has 0 saturated heterocycles. The fourth-order valence-electron chi connectivity index (χ4n) is 7.44. The van der Waals surface area contributed by atoms with Crippen molar-refractivity contribution in [1.29, 1.82) is 0 Å².